The van der Waals surface area contributed by atoms with Crippen LogP contribution < -0.4 is 15.6 Å². The molecule has 3 aliphatic rings. The van der Waals surface area contributed by atoms with E-state index in [4.69, 9.17) is 14.5 Å². The molecule has 2 aromatic heterocycles. The number of phosphoric ester groups is 1. The molecule has 4 aromatic rings. The van der Waals surface area contributed by atoms with E-state index in [2.05, 4.69) is 46.2 Å². The Morgan fingerprint density at radius 1 is 0.811 bits per heavy atom. The second-order valence-electron chi connectivity index (χ2n) is 23.2. The first-order valence-corrected chi connectivity index (χ1v) is 29.7. The van der Waals surface area contributed by atoms with Crippen molar-refractivity contribution in [1.82, 2.24) is 35.4 Å². The average molecular weight is 1310 g/mol. The maximum Gasteiger partial charge on any atom is 0.510 e. The van der Waals surface area contributed by atoms with Gasteiger partial charge in [0, 0.05) is 84.7 Å². The predicted molar refractivity (Wildman–Crippen MR) is 298 cm³/mol. The molecule has 3 fully saturated rings. The molecule has 0 radical (unpaired) electrons. The average Bonchev–Trinajstić information content (AvgIpc) is 1.56. The number of ether oxygens (including phenoxy) is 4. The van der Waals surface area contributed by atoms with Gasteiger partial charge in [-0.2, -0.15) is 40.2 Å². The van der Waals surface area contributed by atoms with E-state index in [9.17, 15) is 73.4 Å². The zero-order valence-electron chi connectivity index (χ0n) is 49.5. The number of benzene rings is 2. The third-order valence-electron chi connectivity index (χ3n) is 16.5. The van der Waals surface area contributed by atoms with Gasteiger partial charge in [-0.1, -0.05) is 44.2 Å². The lowest BCUT2D eigenvalue weighted by atomic mass is 9.75. The van der Waals surface area contributed by atoms with E-state index >= 15 is 8.78 Å². The Hall–Kier alpha value is -7.36. The first kappa shape index (κ1) is 70.1. The number of carbonyl (C=O) groups excluding carboxylic acids is 5. The fourth-order valence-electron chi connectivity index (χ4n) is 10.9. The molecule has 4 heterocycles. The number of fused-ring (bicyclic) bond motifs is 2. The number of alkyl halides is 8. The van der Waals surface area contributed by atoms with Gasteiger partial charge in [-0.05, 0) is 94.0 Å². The number of aromatic nitrogens is 3. The summed E-state index contributed by atoms with van der Waals surface area (Å²) in [6.45, 7) is -3.41. The number of phosphoric acid groups is 1. The zero-order valence-corrected chi connectivity index (χ0v) is 50.4. The molecule has 1 saturated carbocycles. The Morgan fingerprint density at radius 2 is 1.42 bits per heavy atom. The number of pyridine rings is 1. The van der Waals surface area contributed by atoms with Gasteiger partial charge >= 0.3 is 44.9 Å². The molecule has 2 bridgehead atoms. The Labute approximate surface area is 510 Å². The number of piperazine rings is 1. The molecule has 4 N–H and O–H groups in total. The van der Waals surface area contributed by atoms with Crippen LogP contribution in [0, 0.1) is 46.1 Å². The number of amides is 2. The number of alkyl carbamates (subject to hydrolysis) is 1. The molecule has 90 heavy (non-hydrogen) atoms. The van der Waals surface area contributed by atoms with E-state index in [0.29, 0.717) is 74.1 Å². The van der Waals surface area contributed by atoms with Gasteiger partial charge in [0.1, 0.15) is 29.6 Å². The number of Topliss-reactive ketones (excluding diaryl/α,β-unsaturated/α-hetero) is 1. The van der Waals surface area contributed by atoms with Gasteiger partial charge in [-0.25, -0.2) is 42.1 Å². The van der Waals surface area contributed by atoms with Crippen LogP contribution in [0.25, 0.3) is 11.3 Å². The Morgan fingerprint density at radius 3 is 1.94 bits per heavy atom. The summed E-state index contributed by atoms with van der Waals surface area (Å²) in [5, 5.41) is 5.90. The van der Waals surface area contributed by atoms with Crippen molar-refractivity contribution in [1.29, 1.82) is 0 Å². The number of halogens is 10. The molecule has 2 saturated heterocycles. The summed E-state index contributed by atoms with van der Waals surface area (Å²) in [5.41, 5.74) is -4.94. The van der Waals surface area contributed by atoms with Gasteiger partial charge in [0.15, 0.2) is 5.78 Å². The number of anilines is 1. The van der Waals surface area contributed by atoms with E-state index in [0.717, 1.165) is 58.2 Å². The highest BCUT2D eigenvalue weighted by Crippen LogP contribution is 2.46. The highest BCUT2D eigenvalue weighted by atomic mass is 31.2. The predicted octanol–water partition coefficient (Wildman–Crippen LogP) is 9.54. The van der Waals surface area contributed by atoms with E-state index < -0.39 is 153 Å². The van der Waals surface area contributed by atoms with Crippen LogP contribution in [0.5, 0.6) is 0 Å². The fraction of sp³-hybridized carbons (Fsp3) is 0.534. The third-order valence-corrected chi connectivity index (χ3v) is 17.0. The van der Waals surface area contributed by atoms with Crippen molar-refractivity contribution >= 4 is 43.5 Å². The number of nitrogens with one attached hydrogen (secondary N) is 2. The van der Waals surface area contributed by atoms with Crippen molar-refractivity contribution in [2.45, 2.75) is 135 Å². The maximum atomic E-state index is 16.4. The summed E-state index contributed by atoms with van der Waals surface area (Å²) in [6, 6.07) is 10.7. The minimum Gasteiger partial charge on any atom is -0.469 e. The number of esters is 1. The summed E-state index contributed by atoms with van der Waals surface area (Å²) in [6.07, 6.45) is -10.9. The second-order valence-corrected chi connectivity index (χ2v) is 24.4. The van der Waals surface area contributed by atoms with Crippen molar-refractivity contribution < 1.29 is 106 Å². The summed E-state index contributed by atoms with van der Waals surface area (Å²) in [5.74, 6) is -4.95. The smallest absolute Gasteiger partial charge is 0.469 e. The number of hydrogen-bond donors (Lipinski definition) is 4. The highest BCUT2D eigenvalue weighted by Gasteiger charge is 2.57. The molecule has 32 heteroatoms. The van der Waals surface area contributed by atoms with Gasteiger partial charge in [-0.3, -0.25) is 24.7 Å². The van der Waals surface area contributed by atoms with Gasteiger partial charge < -0.3 is 39.0 Å². The summed E-state index contributed by atoms with van der Waals surface area (Å²) in [7, 11) is -3.83. The molecule has 2 aliphatic heterocycles. The molecule has 0 spiro atoms. The van der Waals surface area contributed by atoms with Gasteiger partial charge in [0.25, 0.3) is 0 Å². The third kappa shape index (κ3) is 17.6. The number of carbonyl (C=O) groups is 5. The lowest BCUT2D eigenvalue weighted by Crippen LogP contribution is -2.58. The minimum atomic E-state index is -5.41. The lowest BCUT2D eigenvalue weighted by molar-refractivity contribution is -0.231. The van der Waals surface area contributed by atoms with Crippen LogP contribution in [0.4, 0.5) is 59.3 Å². The normalized spacial score (nSPS) is 18.0. The number of ketones is 1. The largest absolute Gasteiger partial charge is 0.510 e. The van der Waals surface area contributed by atoms with E-state index in [1.54, 1.807) is 6.20 Å². The quantitative estimate of drug-likeness (QED) is 0.00916. The van der Waals surface area contributed by atoms with Crippen molar-refractivity contribution in [2.75, 3.05) is 45.5 Å². The Balaban J connectivity index is 1.28. The Kier molecular flexibility index (Phi) is 22.5. The van der Waals surface area contributed by atoms with Crippen LogP contribution in [0.3, 0.4) is 0 Å². The zero-order chi connectivity index (χ0) is 66.3. The first-order valence-electron chi connectivity index (χ1n) is 28.2. The van der Waals surface area contributed by atoms with Crippen LogP contribution in [-0.2, 0) is 55.4 Å². The van der Waals surface area contributed by atoms with Crippen LogP contribution in [0.15, 0.2) is 67.0 Å². The fourth-order valence-corrected chi connectivity index (χ4v) is 11.1. The summed E-state index contributed by atoms with van der Waals surface area (Å²) in [4.78, 5) is 96.2. The van der Waals surface area contributed by atoms with Crippen molar-refractivity contribution in [3.63, 3.8) is 0 Å². The molecule has 492 valence electrons. The maximum absolute atomic E-state index is 16.4. The number of nitrogens with zero attached hydrogens (tertiary/aromatic N) is 6. The van der Waals surface area contributed by atoms with Crippen molar-refractivity contribution in [3.05, 3.63) is 101 Å². The number of hydrogen-bond acceptors (Lipinski definition) is 16. The standard InChI is InChI=1S/C58H67F10N8O13P/c1-55(2,57(63,64)65)42(26-49(78)85-5)51(79)72-74(30-41-43(59)23-36(24-44(41)60)45-20-21-75(71-45)52(61)62)31-47(89-54(81)87-32-88-90(82,83)84)37(25-46(77)50(70-53(80)86-6)56(3,4)58(66,67)68)22-34-13-10-33(11-14-34)12-15-35-16-19-48(69-27-35)73-28-39-17-18-40(29-73)76(39)38-8-7-9-38/h10-11,13-14,16,19-21,23-24,27,37-40,42,47,50,52H,7-9,17-18,22,25-26,28-32H2,1-6H3,(H,70,80)(H,72,79)(H2,82,83,84)/t37-,39?,40?,42-,47+,50-/m1/s1. The molecule has 2 unspecified atom stereocenters. The minimum absolute atomic E-state index is 0.159. The molecule has 7 rings (SSSR count). The monoisotopic (exact) mass is 1300 g/mol. The SMILES string of the molecule is COC(=O)C[C@H](C(=O)NN(Cc1c(F)cc(-c2ccn(C(F)F)n2)cc1F)C[C@H](OC(=O)OCOP(=O)(O)O)[C@@H](CC(=O)[C@@H](NC(=O)OC)C(C)(C)C(F)(F)F)Cc1ccc(C#Cc2ccc(N3CC4CCC(C3)N4C3CCC3)nc2)cc1)C(C)(C)C(F)(F)F. The molecule has 2 amide bonds. The molecular weight excluding hydrogens is 1240 g/mol. The van der Waals surface area contributed by atoms with Gasteiger partial charge in [-0.15, -0.1) is 0 Å². The van der Waals surface area contributed by atoms with Crippen molar-refractivity contribution in [3.8, 4) is 23.1 Å². The highest BCUT2D eigenvalue weighted by molar-refractivity contribution is 7.46. The molecular formula is C58H67F10N8O13P. The molecule has 6 atom stereocenters. The number of methoxy groups -OCH3 is 2. The van der Waals surface area contributed by atoms with Crippen molar-refractivity contribution in [2.24, 2.45) is 22.7 Å². The summed E-state index contributed by atoms with van der Waals surface area (Å²) < 4.78 is 184. The van der Waals surface area contributed by atoms with Crippen LogP contribution in [-0.4, -0.2) is 148 Å². The molecule has 1 aliphatic carbocycles. The van der Waals surface area contributed by atoms with Gasteiger partial charge in [0.05, 0.1) is 49.6 Å². The lowest BCUT2D eigenvalue weighted by Gasteiger charge is -2.48. The van der Waals surface area contributed by atoms with Crippen LogP contribution >= 0.6 is 7.82 Å². The van der Waals surface area contributed by atoms with E-state index in [1.165, 1.54) is 43.5 Å². The van der Waals surface area contributed by atoms with Crippen LogP contribution in [0.2, 0.25) is 0 Å². The second kappa shape index (κ2) is 28.9. The molecule has 21 nitrogen and oxygen atoms in total. The topological polar surface area (TPSA) is 254 Å². The number of hydrazine groups is 1. The van der Waals surface area contributed by atoms with E-state index in [1.807, 2.05) is 17.4 Å². The Bertz CT molecular complexity index is 3280. The summed E-state index contributed by atoms with van der Waals surface area (Å²) >= 11 is 0. The van der Waals surface area contributed by atoms with Gasteiger partial charge in [0.2, 0.25) is 12.7 Å². The molecule has 2 aromatic carbocycles. The van der Waals surface area contributed by atoms with E-state index in [-0.39, 0.29) is 15.9 Å². The van der Waals surface area contributed by atoms with Crippen LogP contribution in [0.1, 0.15) is 101 Å². The first-order chi connectivity index (χ1) is 42.1. The number of rotatable bonds is 25.